The van der Waals surface area contributed by atoms with E-state index in [1.54, 1.807) is 0 Å². The molecule has 1 heterocycles. The van der Waals surface area contributed by atoms with Crippen LogP contribution < -0.4 is 4.89 Å². The Kier molecular flexibility index (Phi) is 8.28. The van der Waals surface area contributed by atoms with Crippen LogP contribution in [0.2, 0.25) is 22.3 Å². The van der Waals surface area contributed by atoms with E-state index in [4.69, 9.17) is 14.9 Å². The second-order valence-corrected chi connectivity index (χ2v) is 18.0. The molecule has 10 nitrogen and oxygen atoms in total. The first-order valence-electron chi connectivity index (χ1n) is 6.88. The maximum atomic E-state index is 11.5. The second-order valence-electron chi connectivity index (χ2n) is 6.27. The molecule has 0 aromatic heterocycles. The average molecular weight is 423 g/mol. The van der Waals surface area contributed by atoms with E-state index >= 15 is 0 Å². The van der Waals surface area contributed by atoms with Crippen LogP contribution in [0.3, 0.4) is 0 Å². The minimum atomic E-state index is -4.67. The van der Waals surface area contributed by atoms with Crippen molar-refractivity contribution >= 4 is 21.7 Å². The molecule has 0 aromatic rings. The van der Waals surface area contributed by atoms with Gasteiger partial charge < -0.3 is 0 Å². The fraction of sp³-hybridized carbons (Fsp3) is 1.00. The Labute approximate surface area is 137 Å². The summed E-state index contributed by atoms with van der Waals surface area (Å²) in [6.07, 6.45) is -6.08. The number of hydrogen-bond donors (Lipinski definition) is 5. The molecule has 1 aliphatic rings. The monoisotopic (exact) mass is 423 g/mol. The Morgan fingerprint density at radius 3 is 2.39 bits per heavy atom. The van der Waals surface area contributed by atoms with Crippen molar-refractivity contribution in [1.29, 1.82) is 0 Å². The van der Waals surface area contributed by atoms with Crippen molar-refractivity contribution in [1.82, 2.24) is 0 Å². The first-order valence-corrected chi connectivity index (χ1v) is 15.3. The van der Waals surface area contributed by atoms with Gasteiger partial charge in [0.05, 0.1) is 0 Å². The summed E-state index contributed by atoms with van der Waals surface area (Å²) in [5.41, 5.74) is 6.27. The van der Waals surface area contributed by atoms with Gasteiger partial charge in [0, 0.05) is 0 Å². The number of aliphatic hydroxyl groups excluding tert-OH is 4. The van der Waals surface area contributed by atoms with Crippen LogP contribution in [0.15, 0.2) is 0 Å². The van der Waals surface area contributed by atoms with Gasteiger partial charge in [0.2, 0.25) is 0 Å². The molecule has 2 unspecified atom stereocenters. The van der Waals surface area contributed by atoms with Crippen molar-refractivity contribution < 1.29 is 49.0 Å². The SMILES string of the molecule is C[As+](C)(C)C[C@H]1O[C@@H](OO[P+]([O-])(O)OCC(O)CO)[C@H](O)[C@@H]1O. The molecule has 1 saturated heterocycles. The zero-order valence-electron chi connectivity index (χ0n) is 13.2. The molecule has 5 N–H and O–H groups in total. The summed E-state index contributed by atoms with van der Waals surface area (Å²) in [5.74, 6) is 0. The molecule has 0 saturated carbocycles. The Morgan fingerprint density at radius 1 is 1.26 bits per heavy atom. The zero-order valence-corrected chi connectivity index (χ0v) is 16.0. The summed E-state index contributed by atoms with van der Waals surface area (Å²) in [6.45, 7) is -1.30. The molecule has 0 spiro atoms. The zero-order chi connectivity index (χ0) is 17.8. The predicted molar refractivity (Wildman–Crippen MR) is 79.2 cm³/mol. The van der Waals surface area contributed by atoms with Crippen molar-refractivity contribution in [3.8, 4) is 0 Å². The van der Waals surface area contributed by atoms with E-state index in [1.807, 2.05) is 0 Å². The van der Waals surface area contributed by atoms with E-state index in [9.17, 15) is 20.0 Å². The molecule has 1 fully saturated rings. The van der Waals surface area contributed by atoms with Crippen molar-refractivity contribution in [3.63, 3.8) is 0 Å². The van der Waals surface area contributed by atoms with Crippen LogP contribution in [0.25, 0.3) is 0 Å². The van der Waals surface area contributed by atoms with Crippen LogP contribution in [0.1, 0.15) is 0 Å². The molecule has 0 radical (unpaired) electrons. The van der Waals surface area contributed by atoms with Gasteiger partial charge >= 0.3 is 137 Å². The number of phosphoric acid groups is 1. The van der Waals surface area contributed by atoms with E-state index in [1.165, 1.54) is 0 Å². The van der Waals surface area contributed by atoms with Gasteiger partial charge in [-0.15, -0.1) is 0 Å². The van der Waals surface area contributed by atoms with E-state index in [-0.39, 0.29) is 0 Å². The van der Waals surface area contributed by atoms with E-state index in [0.717, 1.165) is 0 Å². The molecular formula is C11H25AsO10P+. The Bertz CT molecular complexity index is 365. The molecule has 138 valence electrons. The van der Waals surface area contributed by atoms with Crippen molar-refractivity contribution in [2.75, 3.05) is 13.2 Å². The molecule has 0 aliphatic carbocycles. The van der Waals surface area contributed by atoms with Gasteiger partial charge in [-0.25, -0.2) is 0 Å². The predicted octanol–water partition coefficient (Wildman–Crippen LogP) is -1.88. The molecule has 1 rings (SSSR count). The maximum absolute atomic E-state index is 11.5. The van der Waals surface area contributed by atoms with Crippen LogP contribution in [-0.2, 0) is 18.8 Å². The summed E-state index contributed by atoms with van der Waals surface area (Å²) < 4.78 is 13.9. The van der Waals surface area contributed by atoms with Gasteiger partial charge in [-0.3, -0.25) is 0 Å². The quantitative estimate of drug-likeness (QED) is 0.123. The molecule has 1 aliphatic heterocycles. The molecular weight excluding hydrogens is 398 g/mol. The number of rotatable bonds is 9. The first-order chi connectivity index (χ1) is 10.4. The van der Waals surface area contributed by atoms with E-state index in [0.29, 0.717) is 5.21 Å². The molecule has 0 amide bonds. The summed E-state index contributed by atoms with van der Waals surface area (Å²) in [6, 6.07) is 0. The molecule has 23 heavy (non-hydrogen) atoms. The number of aliphatic hydroxyl groups is 4. The van der Waals surface area contributed by atoms with Crippen LogP contribution in [0.5, 0.6) is 0 Å². The molecule has 0 aromatic carbocycles. The van der Waals surface area contributed by atoms with Crippen LogP contribution in [-0.4, -0.2) is 82.8 Å². The van der Waals surface area contributed by atoms with E-state index in [2.05, 4.69) is 31.2 Å². The third kappa shape index (κ3) is 7.56. The van der Waals surface area contributed by atoms with Crippen LogP contribution in [0.4, 0.5) is 0 Å². The van der Waals surface area contributed by atoms with Crippen molar-refractivity contribution in [2.24, 2.45) is 0 Å². The summed E-state index contributed by atoms with van der Waals surface area (Å²) in [4.78, 5) is 25.4. The Balaban J connectivity index is 2.48. The third-order valence-electron chi connectivity index (χ3n) is 2.92. The second kappa shape index (κ2) is 8.80. The Hall–Kier alpha value is 0.588. The fourth-order valence-corrected chi connectivity index (χ4v) is 5.33. The number of hydrogen-bond acceptors (Lipinski definition) is 10. The first kappa shape index (κ1) is 21.6. The fourth-order valence-electron chi connectivity index (χ4n) is 1.84. The van der Waals surface area contributed by atoms with Gasteiger partial charge in [-0.2, -0.15) is 0 Å². The molecule has 6 atom stereocenters. The van der Waals surface area contributed by atoms with Gasteiger partial charge in [0.15, 0.2) is 0 Å². The van der Waals surface area contributed by atoms with Gasteiger partial charge in [-0.05, 0) is 0 Å². The molecule has 12 heteroatoms. The average Bonchev–Trinajstić information content (AvgIpc) is 2.69. The van der Waals surface area contributed by atoms with Gasteiger partial charge in [0.25, 0.3) is 0 Å². The van der Waals surface area contributed by atoms with Gasteiger partial charge in [0.1, 0.15) is 0 Å². The van der Waals surface area contributed by atoms with E-state index < -0.39 is 65.6 Å². The summed E-state index contributed by atoms with van der Waals surface area (Å²) >= 11 is -1.92. The third-order valence-corrected chi connectivity index (χ3v) is 6.72. The number of phosphoric ester groups is 1. The van der Waals surface area contributed by atoms with Crippen molar-refractivity contribution in [3.05, 3.63) is 0 Å². The van der Waals surface area contributed by atoms with Crippen LogP contribution in [0, 0.1) is 0 Å². The minimum absolute atomic E-state index is 0.590. The van der Waals surface area contributed by atoms with Crippen molar-refractivity contribution in [2.45, 2.75) is 53.0 Å². The molecule has 0 bridgehead atoms. The topological polar surface area (TPSA) is 161 Å². The normalized spacial score (nSPS) is 32.7. The summed E-state index contributed by atoms with van der Waals surface area (Å²) in [5, 5.41) is 37.9. The summed E-state index contributed by atoms with van der Waals surface area (Å²) in [7, 11) is -4.67. The standard InChI is InChI=1S/C11H24AsO10P/c1-12(2,3)4-8-9(15)10(16)11(20-8)21-22-23(17,18)19-6-7(14)5-13/h7-11,13-16H,4-6H2,1-3H3/p+1/t7?,8-,9-,10-,11+/m1/s1. The van der Waals surface area contributed by atoms with Gasteiger partial charge in [-0.1, -0.05) is 0 Å². The van der Waals surface area contributed by atoms with Crippen LogP contribution >= 0.6 is 8.17 Å². The Morgan fingerprint density at radius 2 is 1.87 bits per heavy atom. The number of ether oxygens (including phenoxy) is 1.